The summed E-state index contributed by atoms with van der Waals surface area (Å²) in [6, 6.07) is 4.19. The van der Waals surface area contributed by atoms with E-state index in [4.69, 9.17) is 0 Å². The normalized spacial score (nSPS) is 15.3. The van der Waals surface area contributed by atoms with Crippen LogP contribution in [0.5, 0.6) is 0 Å². The topological polar surface area (TPSA) is 12.9 Å². The van der Waals surface area contributed by atoms with Crippen LogP contribution in [0, 0.1) is 17.8 Å². The molecule has 0 bridgehead atoms. The maximum atomic E-state index is 4.17. The van der Waals surface area contributed by atoms with E-state index in [-0.39, 0.29) is 0 Å². The summed E-state index contributed by atoms with van der Waals surface area (Å²) in [5.74, 6) is 2.99. The van der Waals surface area contributed by atoms with E-state index in [1.807, 2.05) is 18.5 Å². The Kier molecular flexibility index (Phi) is 4.80. The zero-order chi connectivity index (χ0) is 11.3. The standard InChI is InChI=1S/C14H22N/c1-5-12(4)14(11(2)3)9-13-7-6-8-15-10-13/h6-8,10,12,14H,5,9H2,1-4H3. The Balaban J connectivity index is 2.67. The van der Waals surface area contributed by atoms with Gasteiger partial charge in [0.15, 0.2) is 0 Å². The molecule has 1 radical (unpaired) electrons. The van der Waals surface area contributed by atoms with Crippen molar-refractivity contribution in [1.82, 2.24) is 4.98 Å². The Morgan fingerprint density at radius 2 is 2.13 bits per heavy atom. The Hall–Kier alpha value is -0.850. The first-order valence-electron chi connectivity index (χ1n) is 5.84. The maximum absolute atomic E-state index is 4.17. The van der Waals surface area contributed by atoms with Crippen molar-refractivity contribution < 1.29 is 0 Å². The number of hydrogen-bond acceptors (Lipinski definition) is 1. The molecule has 15 heavy (non-hydrogen) atoms. The van der Waals surface area contributed by atoms with Crippen molar-refractivity contribution in [2.75, 3.05) is 0 Å². The molecule has 1 aromatic heterocycles. The van der Waals surface area contributed by atoms with Gasteiger partial charge in [-0.1, -0.05) is 40.2 Å². The molecular formula is C14H22N. The molecule has 0 aliphatic carbocycles. The van der Waals surface area contributed by atoms with Crippen molar-refractivity contribution >= 4 is 0 Å². The van der Waals surface area contributed by atoms with Crippen molar-refractivity contribution in [2.24, 2.45) is 11.8 Å². The van der Waals surface area contributed by atoms with Gasteiger partial charge < -0.3 is 0 Å². The monoisotopic (exact) mass is 204 g/mol. The van der Waals surface area contributed by atoms with Gasteiger partial charge in [0.1, 0.15) is 0 Å². The van der Waals surface area contributed by atoms with Gasteiger partial charge in [-0.25, -0.2) is 0 Å². The van der Waals surface area contributed by atoms with E-state index in [9.17, 15) is 0 Å². The summed E-state index contributed by atoms with van der Waals surface area (Å²) in [6.07, 6.45) is 6.20. The largest absolute Gasteiger partial charge is 0.264 e. The van der Waals surface area contributed by atoms with Crippen molar-refractivity contribution in [3.8, 4) is 0 Å². The Bertz CT molecular complexity index is 266. The van der Waals surface area contributed by atoms with Gasteiger partial charge in [0, 0.05) is 12.4 Å². The molecular weight excluding hydrogens is 182 g/mol. The highest BCUT2D eigenvalue weighted by molar-refractivity contribution is 5.11. The van der Waals surface area contributed by atoms with Gasteiger partial charge in [0.2, 0.25) is 0 Å². The van der Waals surface area contributed by atoms with Crippen LogP contribution < -0.4 is 0 Å². The van der Waals surface area contributed by atoms with Crippen LogP contribution in [0.2, 0.25) is 0 Å². The third kappa shape index (κ3) is 3.65. The summed E-state index contributed by atoms with van der Waals surface area (Å²) in [5.41, 5.74) is 1.35. The lowest BCUT2D eigenvalue weighted by Crippen LogP contribution is -2.18. The maximum Gasteiger partial charge on any atom is 0.0299 e. The van der Waals surface area contributed by atoms with Gasteiger partial charge in [-0.2, -0.15) is 0 Å². The summed E-state index contributed by atoms with van der Waals surface area (Å²) in [5, 5.41) is 0. The van der Waals surface area contributed by atoms with Crippen molar-refractivity contribution in [3.63, 3.8) is 0 Å². The second-order valence-electron chi connectivity index (χ2n) is 4.63. The van der Waals surface area contributed by atoms with E-state index in [0.29, 0.717) is 5.92 Å². The van der Waals surface area contributed by atoms with E-state index < -0.39 is 0 Å². The fourth-order valence-electron chi connectivity index (χ4n) is 2.03. The number of hydrogen-bond donors (Lipinski definition) is 0. The molecule has 1 aromatic rings. The minimum absolute atomic E-state index is 0.694. The summed E-state index contributed by atoms with van der Waals surface area (Å²) >= 11 is 0. The van der Waals surface area contributed by atoms with Crippen LogP contribution in [0.3, 0.4) is 0 Å². The second-order valence-corrected chi connectivity index (χ2v) is 4.63. The first kappa shape index (κ1) is 12.2. The predicted molar refractivity (Wildman–Crippen MR) is 65.5 cm³/mol. The Labute approximate surface area is 93.9 Å². The highest BCUT2D eigenvalue weighted by Gasteiger charge is 2.20. The van der Waals surface area contributed by atoms with Gasteiger partial charge in [0.25, 0.3) is 0 Å². The summed E-state index contributed by atoms with van der Waals surface area (Å²) in [7, 11) is 0. The third-order valence-corrected chi connectivity index (χ3v) is 3.25. The minimum Gasteiger partial charge on any atom is -0.264 e. The van der Waals surface area contributed by atoms with Crippen molar-refractivity contribution in [2.45, 2.75) is 40.5 Å². The van der Waals surface area contributed by atoms with Crippen LogP contribution in [0.4, 0.5) is 0 Å². The summed E-state index contributed by atoms with van der Waals surface area (Å²) in [4.78, 5) is 4.17. The third-order valence-electron chi connectivity index (χ3n) is 3.25. The van der Waals surface area contributed by atoms with Crippen LogP contribution in [-0.4, -0.2) is 4.98 Å². The van der Waals surface area contributed by atoms with Crippen molar-refractivity contribution in [1.29, 1.82) is 0 Å². The molecule has 0 saturated heterocycles. The van der Waals surface area contributed by atoms with E-state index in [0.717, 1.165) is 12.3 Å². The first-order chi connectivity index (χ1) is 7.15. The number of aromatic nitrogens is 1. The molecule has 0 aliphatic rings. The fourth-order valence-corrected chi connectivity index (χ4v) is 2.03. The average Bonchev–Trinajstić information content (AvgIpc) is 2.26. The lowest BCUT2D eigenvalue weighted by Gasteiger charge is -2.26. The molecule has 0 amide bonds. The molecule has 0 fully saturated rings. The molecule has 0 aliphatic heterocycles. The molecule has 1 heteroatoms. The number of pyridine rings is 1. The minimum atomic E-state index is 0.694. The lowest BCUT2D eigenvalue weighted by molar-refractivity contribution is 0.361. The second kappa shape index (κ2) is 5.89. The predicted octanol–water partition coefficient (Wildman–Crippen LogP) is 3.90. The van der Waals surface area contributed by atoms with Gasteiger partial charge in [-0.3, -0.25) is 4.98 Å². The number of rotatable bonds is 5. The SMILES string of the molecule is CCC(C)C(Cc1cccnc1)[C](C)C. The Morgan fingerprint density at radius 1 is 1.40 bits per heavy atom. The van der Waals surface area contributed by atoms with Crippen LogP contribution in [0.25, 0.3) is 0 Å². The number of nitrogens with zero attached hydrogens (tertiary/aromatic N) is 1. The summed E-state index contributed by atoms with van der Waals surface area (Å²) < 4.78 is 0. The van der Waals surface area contributed by atoms with Gasteiger partial charge in [-0.05, 0) is 35.8 Å². The zero-order valence-electron chi connectivity index (χ0n) is 10.3. The highest BCUT2D eigenvalue weighted by Crippen LogP contribution is 2.28. The average molecular weight is 204 g/mol. The quantitative estimate of drug-likeness (QED) is 0.709. The molecule has 83 valence electrons. The van der Waals surface area contributed by atoms with Crippen LogP contribution in [0.1, 0.15) is 39.7 Å². The molecule has 1 rings (SSSR count). The van der Waals surface area contributed by atoms with Gasteiger partial charge in [-0.15, -0.1) is 0 Å². The fraction of sp³-hybridized carbons (Fsp3) is 0.571. The molecule has 1 heterocycles. The molecule has 1 nitrogen and oxygen atoms in total. The van der Waals surface area contributed by atoms with E-state index in [1.165, 1.54) is 17.9 Å². The molecule has 0 aromatic carbocycles. The lowest BCUT2D eigenvalue weighted by atomic mass is 9.79. The van der Waals surface area contributed by atoms with Gasteiger partial charge >= 0.3 is 0 Å². The molecule has 2 atom stereocenters. The van der Waals surface area contributed by atoms with E-state index in [2.05, 4.69) is 38.7 Å². The van der Waals surface area contributed by atoms with Gasteiger partial charge in [0.05, 0.1) is 0 Å². The smallest absolute Gasteiger partial charge is 0.0299 e. The molecule has 2 unspecified atom stereocenters. The molecule has 0 N–H and O–H groups in total. The molecule has 0 saturated carbocycles. The van der Waals surface area contributed by atoms with Crippen LogP contribution in [0.15, 0.2) is 24.5 Å². The van der Waals surface area contributed by atoms with Crippen LogP contribution in [-0.2, 0) is 6.42 Å². The molecule has 0 spiro atoms. The zero-order valence-corrected chi connectivity index (χ0v) is 10.3. The van der Waals surface area contributed by atoms with E-state index >= 15 is 0 Å². The van der Waals surface area contributed by atoms with E-state index in [1.54, 1.807) is 0 Å². The summed E-state index contributed by atoms with van der Waals surface area (Å²) in [6.45, 7) is 9.10. The highest BCUT2D eigenvalue weighted by atomic mass is 14.6. The van der Waals surface area contributed by atoms with Crippen LogP contribution >= 0.6 is 0 Å². The van der Waals surface area contributed by atoms with Crippen molar-refractivity contribution in [3.05, 3.63) is 36.0 Å². The Morgan fingerprint density at radius 3 is 2.60 bits per heavy atom. The first-order valence-corrected chi connectivity index (χ1v) is 5.84.